The highest BCUT2D eigenvalue weighted by atomic mass is 79.9. The van der Waals surface area contributed by atoms with Crippen molar-refractivity contribution in [2.75, 3.05) is 13.7 Å². The lowest BCUT2D eigenvalue weighted by molar-refractivity contribution is -0.138. The van der Waals surface area contributed by atoms with Gasteiger partial charge in [-0.25, -0.2) is 4.79 Å². The Balaban J connectivity index is 2.01. The van der Waals surface area contributed by atoms with Gasteiger partial charge >= 0.3 is 5.97 Å². The quantitative estimate of drug-likeness (QED) is 0.547. The van der Waals surface area contributed by atoms with Gasteiger partial charge in [0.2, 0.25) is 0 Å². The molecule has 0 heterocycles. The molecule has 2 aromatic carbocycles. The van der Waals surface area contributed by atoms with E-state index < -0.39 is 5.97 Å². The van der Waals surface area contributed by atoms with Gasteiger partial charge in [0, 0.05) is 11.6 Å². The molecule has 0 aliphatic rings. The van der Waals surface area contributed by atoms with Gasteiger partial charge in [-0.1, -0.05) is 18.2 Å². The van der Waals surface area contributed by atoms with Crippen LogP contribution < -0.4 is 9.47 Å². The summed E-state index contributed by atoms with van der Waals surface area (Å²) in [6, 6.07) is 10.7. The first-order valence-corrected chi connectivity index (χ1v) is 8.46. The molecule has 0 saturated carbocycles. The number of para-hydroxylation sites is 1. The molecular formula is C19H19BrO5. The number of carbonyl (C=O) groups is 1. The second-order valence-electron chi connectivity index (χ2n) is 5.04. The van der Waals surface area contributed by atoms with Crippen molar-refractivity contribution < 1.29 is 24.1 Å². The lowest BCUT2D eigenvalue weighted by Crippen LogP contribution is -2.03. The number of aromatic hydroxyl groups is 1. The third-order valence-corrected chi connectivity index (χ3v) is 3.93. The van der Waals surface area contributed by atoms with Gasteiger partial charge < -0.3 is 19.3 Å². The van der Waals surface area contributed by atoms with Gasteiger partial charge in [-0.2, -0.15) is 0 Å². The Morgan fingerprint density at radius 3 is 2.72 bits per heavy atom. The largest absolute Gasteiger partial charge is 0.503 e. The highest BCUT2D eigenvalue weighted by Gasteiger charge is 2.08. The lowest BCUT2D eigenvalue weighted by atomic mass is 10.2. The molecule has 25 heavy (non-hydrogen) atoms. The van der Waals surface area contributed by atoms with Crippen LogP contribution in [0.25, 0.3) is 6.08 Å². The summed E-state index contributed by atoms with van der Waals surface area (Å²) < 4.78 is 16.3. The molecule has 132 valence electrons. The summed E-state index contributed by atoms with van der Waals surface area (Å²) in [4.78, 5) is 11.9. The van der Waals surface area contributed by atoms with Crippen molar-refractivity contribution in [2.24, 2.45) is 0 Å². The summed E-state index contributed by atoms with van der Waals surface area (Å²) >= 11 is 3.23. The molecule has 2 rings (SSSR count). The van der Waals surface area contributed by atoms with Gasteiger partial charge in [0.15, 0.2) is 11.5 Å². The third kappa shape index (κ3) is 5.26. The van der Waals surface area contributed by atoms with Crippen LogP contribution in [0, 0.1) is 0 Å². The van der Waals surface area contributed by atoms with Crippen LogP contribution in [0.5, 0.6) is 17.2 Å². The van der Waals surface area contributed by atoms with Crippen molar-refractivity contribution in [3.8, 4) is 17.2 Å². The Bertz CT molecular complexity index is 770. The van der Waals surface area contributed by atoms with Crippen LogP contribution in [-0.2, 0) is 16.1 Å². The summed E-state index contributed by atoms with van der Waals surface area (Å²) in [7, 11) is 1.46. The van der Waals surface area contributed by atoms with E-state index >= 15 is 0 Å². The van der Waals surface area contributed by atoms with Crippen molar-refractivity contribution in [3.63, 3.8) is 0 Å². The summed E-state index contributed by atoms with van der Waals surface area (Å²) in [5, 5.41) is 9.78. The number of methoxy groups -OCH3 is 1. The number of carbonyl (C=O) groups excluding carboxylic acids is 1. The van der Waals surface area contributed by atoms with E-state index in [1.165, 1.54) is 13.2 Å². The number of halogens is 1. The van der Waals surface area contributed by atoms with E-state index in [4.69, 9.17) is 14.2 Å². The van der Waals surface area contributed by atoms with Gasteiger partial charge in [-0.15, -0.1) is 0 Å². The molecule has 5 nitrogen and oxygen atoms in total. The average molecular weight is 407 g/mol. The van der Waals surface area contributed by atoms with Gasteiger partial charge in [0.1, 0.15) is 12.4 Å². The number of esters is 1. The first-order chi connectivity index (χ1) is 12.0. The fourth-order valence-corrected chi connectivity index (χ4v) is 2.59. The van der Waals surface area contributed by atoms with E-state index in [1.807, 2.05) is 31.2 Å². The molecule has 0 amide bonds. The van der Waals surface area contributed by atoms with Crippen molar-refractivity contribution in [1.82, 2.24) is 0 Å². The predicted octanol–water partition coefficient (Wildman–Crippen LogP) is 4.32. The van der Waals surface area contributed by atoms with Crippen molar-refractivity contribution in [2.45, 2.75) is 13.5 Å². The topological polar surface area (TPSA) is 65.0 Å². The first kappa shape index (κ1) is 18.9. The van der Waals surface area contributed by atoms with E-state index in [9.17, 15) is 9.90 Å². The molecule has 0 radical (unpaired) electrons. The van der Waals surface area contributed by atoms with Crippen LogP contribution in [0.2, 0.25) is 0 Å². The molecular weight excluding hydrogens is 388 g/mol. The van der Waals surface area contributed by atoms with E-state index in [2.05, 4.69) is 15.9 Å². The smallest absolute Gasteiger partial charge is 0.331 e. The Kier molecular flexibility index (Phi) is 6.89. The third-order valence-electron chi connectivity index (χ3n) is 3.32. The zero-order chi connectivity index (χ0) is 18.2. The minimum atomic E-state index is -0.477. The molecule has 0 aliphatic carbocycles. The van der Waals surface area contributed by atoms with Gasteiger partial charge in [0.05, 0.1) is 18.2 Å². The van der Waals surface area contributed by atoms with Gasteiger partial charge in [0.25, 0.3) is 0 Å². The number of phenols is 1. The van der Waals surface area contributed by atoms with Crippen LogP contribution in [0.15, 0.2) is 46.9 Å². The molecule has 6 heteroatoms. The molecule has 0 fully saturated rings. The number of hydrogen-bond donors (Lipinski definition) is 1. The average Bonchev–Trinajstić information content (AvgIpc) is 2.62. The van der Waals surface area contributed by atoms with Crippen LogP contribution in [0.1, 0.15) is 18.1 Å². The summed E-state index contributed by atoms with van der Waals surface area (Å²) in [6.45, 7) is 2.57. The number of rotatable bonds is 7. The second kappa shape index (κ2) is 9.13. The molecule has 0 spiro atoms. The minimum Gasteiger partial charge on any atom is -0.503 e. The fourth-order valence-electron chi connectivity index (χ4n) is 2.13. The zero-order valence-corrected chi connectivity index (χ0v) is 15.6. The molecule has 2 aromatic rings. The van der Waals surface area contributed by atoms with Gasteiger partial charge in [-0.3, -0.25) is 0 Å². The summed E-state index contributed by atoms with van der Waals surface area (Å²) in [5.74, 6) is 0.547. The maximum atomic E-state index is 11.9. The number of ether oxygens (including phenoxy) is 3. The molecule has 0 bridgehead atoms. The first-order valence-electron chi connectivity index (χ1n) is 7.67. The predicted molar refractivity (Wildman–Crippen MR) is 98.8 cm³/mol. The van der Waals surface area contributed by atoms with E-state index in [0.717, 1.165) is 5.56 Å². The Hall–Kier alpha value is -2.47. The SMILES string of the molecule is CCOc1ccccc1COC(=O)/C=C/c1cc(Br)c(O)c(OC)c1. The maximum absolute atomic E-state index is 11.9. The molecule has 1 N–H and O–H groups in total. The molecule has 0 aromatic heterocycles. The number of benzene rings is 2. The highest BCUT2D eigenvalue weighted by molar-refractivity contribution is 9.10. The normalized spacial score (nSPS) is 10.7. The van der Waals surface area contributed by atoms with Crippen LogP contribution in [-0.4, -0.2) is 24.8 Å². The highest BCUT2D eigenvalue weighted by Crippen LogP contribution is 2.35. The van der Waals surface area contributed by atoms with E-state index in [1.54, 1.807) is 18.2 Å². The monoisotopic (exact) mass is 406 g/mol. The second-order valence-corrected chi connectivity index (χ2v) is 5.89. The van der Waals surface area contributed by atoms with Crippen LogP contribution >= 0.6 is 15.9 Å². The Morgan fingerprint density at radius 1 is 1.24 bits per heavy atom. The number of hydrogen-bond acceptors (Lipinski definition) is 5. The van der Waals surface area contributed by atoms with E-state index in [0.29, 0.717) is 28.1 Å². The standard InChI is InChI=1S/C19H19BrO5/c1-3-24-16-7-5-4-6-14(16)12-25-18(21)9-8-13-10-15(20)19(22)17(11-13)23-2/h4-11,22H,3,12H2,1-2H3/b9-8+. The Morgan fingerprint density at radius 2 is 2.00 bits per heavy atom. The van der Waals surface area contributed by atoms with Crippen molar-refractivity contribution in [1.29, 1.82) is 0 Å². The molecule has 0 atom stereocenters. The van der Waals surface area contributed by atoms with E-state index in [-0.39, 0.29) is 12.4 Å². The fraction of sp³-hybridized carbons (Fsp3) is 0.211. The van der Waals surface area contributed by atoms with Crippen molar-refractivity contribution >= 4 is 28.0 Å². The minimum absolute atomic E-state index is 0.00903. The maximum Gasteiger partial charge on any atom is 0.331 e. The Labute approximate surface area is 155 Å². The van der Waals surface area contributed by atoms with Crippen LogP contribution in [0.3, 0.4) is 0 Å². The summed E-state index contributed by atoms with van der Waals surface area (Å²) in [5.41, 5.74) is 1.49. The van der Waals surface area contributed by atoms with Crippen LogP contribution in [0.4, 0.5) is 0 Å². The molecule has 0 saturated heterocycles. The van der Waals surface area contributed by atoms with Crippen molar-refractivity contribution in [3.05, 3.63) is 58.1 Å². The zero-order valence-electron chi connectivity index (χ0n) is 14.0. The summed E-state index contributed by atoms with van der Waals surface area (Å²) in [6.07, 6.45) is 2.91. The number of phenolic OH excluding ortho intramolecular Hbond substituents is 1. The molecule has 0 aliphatic heterocycles. The molecule has 0 unspecified atom stereocenters. The lowest BCUT2D eigenvalue weighted by Gasteiger charge is -2.09. The van der Waals surface area contributed by atoms with Gasteiger partial charge in [-0.05, 0) is 52.7 Å².